The normalized spacial score (nSPS) is 36.2. The van der Waals surface area contributed by atoms with Gasteiger partial charge in [-0.1, -0.05) is 36.8 Å². The van der Waals surface area contributed by atoms with Gasteiger partial charge < -0.3 is 14.6 Å². The standard InChI is InChI=1S/C34H34F2O6S/c1-31-16-14-23(37)18-22(31)10-13-27-26-15-17-33(30(40)43-20-35,32(26,2)19-28(38)34(27,31)36)42-29(39)21-8-11-25(12-9-21)41-24-6-4-3-5-7-24/h3-9,11-12,14,16,18,26-28,38H,10,13,15,17,19-20H2,1-2H3/t26-,27-,28-,31-,32-,33-,34-/m0/s1. The molecule has 0 bridgehead atoms. The summed E-state index contributed by atoms with van der Waals surface area (Å²) >= 11 is 0.434. The zero-order valence-corrected chi connectivity index (χ0v) is 24.9. The lowest BCUT2D eigenvalue weighted by atomic mass is 9.45. The molecule has 7 atom stereocenters. The molecule has 226 valence electrons. The minimum atomic E-state index is -2.09. The molecule has 0 radical (unpaired) electrons. The van der Waals surface area contributed by atoms with Crippen molar-refractivity contribution in [3.8, 4) is 11.5 Å². The molecule has 2 aromatic rings. The highest BCUT2D eigenvalue weighted by Gasteiger charge is 2.75. The summed E-state index contributed by atoms with van der Waals surface area (Å²) < 4.78 is 43.0. The van der Waals surface area contributed by atoms with Gasteiger partial charge in [-0.25, -0.2) is 13.6 Å². The Bertz CT molecular complexity index is 1510. The number of hydrogen-bond donors (Lipinski definition) is 1. The van der Waals surface area contributed by atoms with Crippen LogP contribution >= 0.6 is 11.8 Å². The first-order valence-corrected chi connectivity index (χ1v) is 15.6. The number of alkyl halides is 2. The second kappa shape index (κ2) is 10.7. The Morgan fingerprint density at radius 1 is 1.02 bits per heavy atom. The first kappa shape index (κ1) is 29.8. The van der Waals surface area contributed by atoms with E-state index in [1.165, 1.54) is 24.3 Å². The number of carbonyl (C=O) groups excluding carboxylic acids is 3. The predicted molar refractivity (Wildman–Crippen MR) is 158 cm³/mol. The molecule has 2 aromatic carbocycles. The maximum Gasteiger partial charge on any atom is 0.339 e. The fourth-order valence-corrected chi connectivity index (χ4v) is 9.12. The van der Waals surface area contributed by atoms with Crippen LogP contribution in [-0.4, -0.2) is 45.4 Å². The van der Waals surface area contributed by atoms with Gasteiger partial charge in [0.2, 0.25) is 5.12 Å². The predicted octanol–water partition coefficient (Wildman–Crippen LogP) is 6.93. The van der Waals surface area contributed by atoms with Crippen LogP contribution in [0, 0.1) is 22.7 Å². The first-order valence-electron chi connectivity index (χ1n) is 14.6. The monoisotopic (exact) mass is 608 g/mol. The molecule has 0 saturated heterocycles. The van der Waals surface area contributed by atoms with Crippen LogP contribution in [0.15, 0.2) is 78.4 Å². The highest BCUT2D eigenvalue weighted by Crippen LogP contribution is 2.70. The number of rotatable bonds is 6. The van der Waals surface area contributed by atoms with E-state index in [0.29, 0.717) is 48.1 Å². The fourth-order valence-electron chi connectivity index (χ4n) is 8.41. The second-order valence-electron chi connectivity index (χ2n) is 12.5. The van der Waals surface area contributed by atoms with Crippen LogP contribution in [0.25, 0.3) is 0 Å². The fraction of sp³-hybridized carbons (Fsp3) is 0.441. The summed E-state index contributed by atoms with van der Waals surface area (Å²) in [6.45, 7) is 3.49. The van der Waals surface area contributed by atoms with Crippen molar-refractivity contribution in [2.45, 2.75) is 63.3 Å². The molecule has 6 rings (SSSR count). The quantitative estimate of drug-likeness (QED) is 0.356. The lowest BCUT2D eigenvalue weighted by Gasteiger charge is -2.62. The van der Waals surface area contributed by atoms with Crippen molar-refractivity contribution in [3.05, 3.63) is 84.0 Å². The van der Waals surface area contributed by atoms with Crippen molar-refractivity contribution in [1.29, 1.82) is 0 Å². The third-order valence-electron chi connectivity index (χ3n) is 10.6. The Labute approximate surface area is 253 Å². The molecule has 0 heterocycles. The number of thioether (sulfide) groups is 1. The summed E-state index contributed by atoms with van der Waals surface area (Å²) in [6, 6.07) is 14.4. The maximum absolute atomic E-state index is 17.5. The largest absolute Gasteiger partial charge is 0.457 e. The number of hydrogen-bond acceptors (Lipinski definition) is 7. The van der Waals surface area contributed by atoms with Crippen molar-refractivity contribution < 1.29 is 37.7 Å². The van der Waals surface area contributed by atoms with E-state index in [1.54, 1.807) is 44.2 Å². The first-order chi connectivity index (χ1) is 20.5. The average Bonchev–Trinajstić information content (AvgIpc) is 3.27. The molecule has 3 saturated carbocycles. The van der Waals surface area contributed by atoms with Gasteiger partial charge in [-0.15, -0.1) is 0 Å². The molecule has 1 N–H and O–H groups in total. The Morgan fingerprint density at radius 2 is 1.72 bits per heavy atom. The van der Waals surface area contributed by atoms with E-state index in [0.717, 1.165) is 0 Å². The third-order valence-corrected chi connectivity index (χ3v) is 11.3. The van der Waals surface area contributed by atoms with E-state index >= 15 is 4.39 Å². The van der Waals surface area contributed by atoms with Crippen LogP contribution in [0.4, 0.5) is 8.78 Å². The Morgan fingerprint density at radius 3 is 2.42 bits per heavy atom. The topological polar surface area (TPSA) is 89.9 Å². The molecule has 0 spiro atoms. The summed E-state index contributed by atoms with van der Waals surface area (Å²) in [5.74, 6) is -0.929. The molecular formula is C34H34F2O6S. The summed E-state index contributed by atoms with van der Waals surface area (Å²) in [6.07, 6.45) is 4.01. The van der Waals surface area contributed by atoms with E-state index in [1.807, 2.05) is 18.2 Å². The number of para-hydroxylation sites is 1. The molecule has 6 nitrogen and oxygen atoms in total. The van der Waals surface area contributed by atoms with Gasteiger partial charge in [0.1, 0.15) is 17.5 Å². The van der Waals surface area contributed by atoms with Gasteiger partial charge in [0.15, 0.2) is 17.1 Å². The van der Waals surface area contributed by atoms with Crippen LogP contribution in [0.3, 0.4) is 0 Å². The average molecular weight is 609 g/mol. The Hall–Kier alpha value is -3.30. The zero-order chi connectivity index (χ0) is 30.6. The van der Waals surface area contributed by atoms with E-state index in [2.05, 4.69) is 0 Å². The molecule has 4 aliphatic carbocycles. The number of allylic oxidation sites excluding steroid dienone is 4. The van der Waals surface area contributed by atoms with Crippen LogP contribution in [0.2, 0.25) is 0 Å². The molecule has 3 fully saturated rings. The van der Waals surface area contributed by atoms with E-state index in [-0.39, 0.29) is 24.2 Å². The molecule has 43 heavy (non-hydrogen) atoms. The van der Waals surface area contributed by atoms with Gasteiger partial charge in [0.05, 0.1) is 11.7 Å². The highest BCUT2D eigenvalue weighted by molar-refractivity contribution is 8.13. The Balaban J connectivity index is 1.31. The summed E-state index contributed by atoms with van der Waals surface area (Å²) in [4.78, 5) is 39.4. The number of halogens is 2. The lowest BCUT2D eigenvalue weighted by molar-refractivity contribution is -0.214. The van der Waals surface area contributed by atoms with Gasteiger partial charge >= 0.3 is 5.97 Å². The van der Waals surface area contributed by atoms with Crippen LogP contribution in [-0.2, 0) is 14.3 Å². The SMILES string of the molecule is C[C@]12C=CC(=O)C=C1CC[C@H]1[C@@H]3CC[C@](OC(=O)c4ccc(Oc5ccccc5)cc4)(C(=O)SCF)[C@@]3(C)C[C@H](O)[C@@]12F. The molecule has 4 aliphatic rings. The number of carbonyl (C=O) groups is 3. The number of aliphatic hydroxyl groups excluding tert-OH is 1. The van der Waals surface area contributed by atoms with Gasteiger partial charge in [0, 0.05) is 16.7 Å². The van der Waals surface area contributed by atoms with Gasteiger partial charge in [-0.05, 0) is 105 Å². The van der Waals surface area contributed by atoms with Gasteiger partial charge in [-0.3, -0.25) is 9.59 Å². The minimum absolute atomic E-state index is 0.0912. The molecule has 0 aromatic heterocycles. The van der Waals surface area contributed by atoms with Crippen LogP contribution in [0.5, 0.6) is 11.5 Å². The smallest absolute Gasteiger partial charge is 0.339 e. The van der Waals surface area contributed by atoms with Crippen LogP contribution in [0.1, 0.15) is 56.3 Å². The highest BCUT2D eigenvalue weighted by atomic mass is 32.2. The van der Waals surface area contributed by atoms with Gasteiger partial charge in [0.25, 0.3) is 0 Å². The number of aliphatic hydroxyl groups is 1. The maximum atomic E-state index is 17.5. The van der Waals surface area contributed by atoms with E-state index in [9.17, 15) is 23.9 Å². The summed E-state index contributed by atoms with van der Waals surface area (Å²) in [5.41, 5.74) is -5.36. The van der Waals surface area contributed by atoms with Crippen molar-refractivity contribution in [3.63, 3.8) is 0 Å². The minimum Gasteiger partial charge on any atom is -0.457 e. The van der Waals surface area contributed by atoms with Crippen molar-refractivity contribution >= 4 is 28.6 Å². The number of ether oxygens (including phenoxy) is 2. The molecule has 0 unspecified atom stereocenters. The van der Waals surface area contributed by atoms with Crippen molar-refractivity contribution in [1.82, 2.24) is 0 Å². The van der Waals surface area contributed by atoms with E-state index < -0.39 is 57.1 Å². The Kier molecular flexibility index (Phi) is 7.40. The third kappa shape index (κ3) is 4.41. The summed E-state index contributed by atoms with van der Waals surface area (Å²) in [7, 11) is 0. The number of benzene rings is 2. The zero-order valence-electron chi connectivity index (χ0n) is 24.1. The molecule has 0 aliphatic heterocycles. The molecular weight excluding hydrogens is 574 g/mol. The molecule has 0 amide bonds. The van der Waals surface area contributed by atoms with Gasteiger partial charge in [-0.2, -0.15) is 0 Å². The number of esters is 1. The van der Waals surface area contributed by atoms with Crippen molar-refractivity contribution in [2.75, 3.05) is 6.01 Å². The second-order valence-corrected chi connectivity index (χ2v) is 13.4. The number of ketones is 1. The van der Waals surface area contributed by atoms with Crippen molar-refractivity contribution in [2.24, 2.45) is 22.7 Å². The van der Waals surface area contributed by atoms with E-state index in [4.69, 9.17) is 9.47 Å². The van der Waals surface area contributed by atoms with Crippen LogP contribution < -0.4 is 4.74 Å². The molecule has 9 heteroatoms. The number of fused-ring (bicyclic) bond motifs is 5. The summed E-state index contributed by atoms with van der Waals surface area (Å²) in [5, 5.41) is 11.0. The lowest BCUT2D eigenvalue weighted by Crippen LogP contribution is -2.69.